The molecule has 5 nitrogen and oxygen atoms in total. The van der Waals surface area contributed by atoms with E-state index in [-0.39, 0.29) is 0 Å². The van der Waals surface area contributed by atoms with Crippen molar-refractivity contribution >= 4 is 11.8 Å². The Balaban J connectivity index is 2.19. The van der Waals surface area contributed by atoms with E-state index in [2.05, 4.69) is 10.5 Å². The fourth-order valence-corrected chi connectivity index (χ4v) is 2.05. The van der Waals surface area contributed by atoms with Gasteiger partial charge in [0.15, 0.2) is 0 Å². The van der Waals surface area contributed by atoms with E-state index in [1.807, 2.05) is 54.6 Å². The molecule has 0 bridgehead atoms. The van der Waals surface area contributed by atoms with Crippen LogP contribution in [-0.2, 0) is 11.2 Å². The van der Waals surface area contributed by atoms with Crippen molar-refractivity contribution in [3.8, 4) is 5.75 Å². The second-order valence-corrected chi connectivity index (χ2v) is 4.78. The summed E-state index contributed by atoms with van der Waals surface area (Å²) in [6, 6.07) is 17.5. The number of hydrogen-bond acceptors (Lipinski definition) is 4. The number of nitrogens with one attached hydrogen (secondary N) is 1. The minimum Gasteiger partial charge on any atom is -0.497 e. The highest BCUT2D eigenvalue weighted by atomic mass is 16.5. The van der Waals surface area contributed by atoms with Gasteiger partial charge in [-0.05, 0) is 30.2 Å². The molecule has 0 unspecified atom stereocenters. The monoisotopic (exact) mass is 312 g/mol. The van der Waals surface area contributed by atoms with Gasteiger partial charge in [0.2, 0.25) is 0 Å². The van der Waals surface area contributed by atoms with E-state index in [0.717, 1.165) is 22.6 Å². The number of carbonyl (C=O) groups excluding carboxylic acids is 1. The van der Waals surface area contributed by atoms with E-state index >= 15 is 0 Å². The average Bonchev–Trinajstić information content (AvgIpc) is 2.60. The van der Waals surface area contributed by atoms with Gasteiger partial charge in [-0.1, -0.05) is 42.5 Å². The number of ether oxygens (including phenoxy) is 2. The fourth-order valence-electron chi connectivity index (χ4n) is 2.05. The second kappa shape index (κ2) is 8.58. The first kappa shape index (κ1) is 16.5. The molecule has 0 heterocycles. The van der Waals surface area contributed by atoms with Gasteiger partial charge in [-0.15, -0.1) is 0 Å². The first-order valence-corrected chi connectivity index (χ1v) is 7.40. The number of hydrogen-bond donors (Lipinski definition) is 1. The molecule has 0 aliphatic heterocycles. The third kappa shape index (κ3) is 5.14. The number of rotatable bonds is 6. The molecule has 0 radical (unpaired) electrons. The van der Waals surface area contributed by atoms with Crippen LogP contribution < -0.4 is 10.2 Å². The fraction of sp³-hybridized carbons (Fsp3) is 0.222. The van der Waals surface area contributed by atoms with Crippen LogP contribution in [0.4, 0.5) is 4.79 Å². The molecule has 120 valence electrons. The molecule has 0 atom stereocenters. The quantitative estimate of drug-likeness (QED) is 0.657. The smallest absolute Gasteiger partial charge is 0.427 e. The van der Waals surface area contributed by atoms with Crippen molar-refractivity contribution in [2.75, 3.05) is 13.7 Å². The molecule has 1 N–H and O–H groups in total. The van der Waals surface area contributed by atoms with Crippen LogP contribution in [-0.4, -0.2) is 25.5 Å². The molecule has 2 rings (SSSR count). The summed E-state index contributed by atoms with van der Waals surface area (Å²) in [5, 5.41) is 4.21. The number of benzene rings is 2. The first-order chi connectivity index (χ1) is 11.2. The molecule has 0 saturated heterocycles. The number of amides is 1. The molecule has 0 fully saturated rings. The van der Waals surface area contributed by atoms with Crippen LogP contribution in [0.1, 0.15) is 18.1 Å². The van der Waals surface area contributed by atoms with Crippen molar-refractivity contribution in [1.82, 2.24) is 5.43 Å². The summed E-state index contributed by atoms with van der Waals surface area (Å²) >= 11 is 0. The van der Waals surface area contributed by atoms with Gasteiger partial charge in [0.25, 0.3) is 0 Å². The van der Waals surface area contributed by atoms with Crippen molar-refractivity contribution in [1.29, 1.82) is 0 Å². The minimum atomic E-state index is -0.560. The highest BCUT2D eigenvalue weighted by Crippen LogP contribution is 2.14. The van der Waals surface area contributed by atoms with Crippen molar-refractivity contribution in [3.63, 3.8) is 0 Å². The minimum absolute atomic E-state index is 0.306. The van der Waals surface area contributed by atoms with Gasteiger partial charge in [-0.25, -0.2) is 10.2 Å². The molecule has 2 aromatic rings. The Morgan fingerprint density at radius 3 is 2.39 bits per heavy atom. The predicted octanol–water partition coefficient (Wildman–Crippen LogP) is 3.39. The molecule has 0 aromatic heterocycles. The Hall–Kier alpha value is -2.82. The zero-order valence-corrected chi connectivity index (χ0v) is 13.3. The van der Waals surface area contributed by atoms with Crippen LogP contribution in [0.5, 0.6) is 5.75 Å². The third-order valence-electron chi connectivity index (χ3n) is 3.20. The maximum atomic E-state index is 11.5. The number of nitrogens with zero attached hydrogens (tertiary/aromatic N) is 1. The van der Waals surface area contributed by atoms with E-state index in [9.17, 15) is 4.79 Å². The number of methoxy groups -OCH3 is 1. The summed E-state index contributed by atoms with van der Waals surface area (Å²) in [4.78, 5) is 11.5. The third-order valence-corrected chi connectivity index (χ3v) is 3.20. The van der Waals surface area contributed by atoms with Gasteiger partial charge in [-0.2, -0.15) is 5.10 Å². The SMILES string of the molecule is CCOC(=O)NN=C(Cc1ccc(OC)cc1)c1ccccc1. The van der Waals surface area contributed by atoms with Gasteiger partial charge < -0.3 is 9.47 Å². The molecule has 2 aromatic carbocycles. The average molecular weight is 312 g/mol. The lowest BCUT2D eigenvalue weighted by Gasteiger charge is -2.09. The zero-order valence-electron chi connectivity index (χ0n) is 13.3. The van der Waals surface area contributed by atoms with Crippen molar-refractivity contribution in [2.24, 2.45) is 5.10 Å². The van der Waals surface area contributed by atoms with E-state index in [1.54, 1.807) is 14.0 Å². The van der Waals surface area contributed by atoms with Crippen LogP contribution in [0.2, 0.25) is 0 Å². The summed E-state index contributed by atoms with van der Waals surface area (Å²) in [7, 11) is 1.63. The first-order valence-electron chi connectivity index (χ1n) is 7.40. The number of hydrazone groups is 1. The maximum Gasteiger partial charge on any atom is 0.427 e. The molecule has 0 saturated carbocycles. The van der Waals surface area contributed by atoms with Crippen LogP contribution in [0.3, 0.4) is 0 Å². The summed E-state index contributed by atoms with van der Waals surface area (Å²) in [6.07, 6.45) is 0.0242. The Bertz CT molecular complexity index is 652. The van der Waals surface area contributed by atoms with Crippen molar-refractivity contribution < 1.29 is 14.3 Å². The van der Waals surface area contributed by atoms with Crippen LogP contribution in [0.15, 0.2) is 59.7 Å². The van der Waals surface area contributed by atoms with Gasteiger partial charge in [-0.3, -0.25) is 0 Å². The normalized spacial score (nSPS) is 11.0. The Kier molecular flexibility index (Phi) is 6.17. The lowest BCUT2D eigenvalue weighted by Crippen LogP contribution is -2.21. The topological polar surface area (TPSA) is 59.9 Å². The summed E-state index contributed by atoms with van der Waals surface area (Å²) in [5.74, 6) is 0.802. The van der Waals surface area contributed by atoms with Crippen LogP contribution in [0, 0.1) is 0 Å². The van der Waals surface area contributed by atoms with E-state index in [0.29, 0.717) is 13.0 Å². The van der Waals surface area contributed by atoms with Gasteiger partial charge in [0.05, 0.1) is 19.4 Å². The molecule has 0 aliphatic carbocycles. The van der Waals surface area contributed by atoms with Crippen molar-refractivity contribution in [2.45, 2.75) is 13.3 Å². The lowest BCUT2D eigenvalue weighted by molar-refractivity contribution is 0.152. The zero-order chi connectivity index (χ0) is 16.5. The standard InChI is InChI=1S/C18H20N2O3/c1-3-23-18(21)20-19-17(15-7-5-4-6-8-15)13-14-9-11-16(22-2)12-10-14/h4-12H,3,13H2,1-2H3,(H,20,21). The van der Waals surface area contributed by atoms with E-state index in [4.69, 9.17) is 9.47 Å². The lowest BCUT2D eigenvalue weighted by atomic mass is 10.0. The molecule has 0 spiro atoms. The Morgan fingerprint density at radius 1 is 1.09 bits per heavy atom. The summed E-state index contributed by atoms with van der Waals surface area (Å²) in [6.45, 7) is 2.05. The largest absolute Gasteiger partial charge is 0.497 e. The van der Waals surface area contributed by atoms with Crippen molar-refractivity contribution in [3.05, 3.63) is 65.7 Å². The Morgan fingerprint density at radius 2 is 1.78 bits per heavy atom. The van der Waals surface area contributed by atoms with E-state index in [1.165, 1.54) is 0 Å². The highest BCUT2D eigenvalue weighted by molar-refractivity contribution is 6.02. The molecule has 5 heteroatoms. The highest BCUT2D eigenvalue weighted by Gasteiger charge is 2.07. The van der Waals surface area contributed by atoms with Gasteiger partial charge in [0, 0.05) is 6.42 Å². The summed E-state index contributed by atoms with van der Waals surface area (Å²) < 4.78 is 10.00. The van der Waals surface area contributed by atoms with Crippen LogP contribution in [0.25, 0.3) is 0 Å². The van der Waals surface area contributed by atoms with Gasteiger partial charge >= 0.3 is 6.09 Å². The molecular formula is C18H20N2O3. The molecule has 23 heavy (non-hydrogen) atoms. The molecule has 0 aliphatic rings. The van der Waals surface area contributed by atoms with Gasteiger partial charge in [0.1, 0.15) is 5.75 Å². The van der Waals surface area contributed by atoms with E-state index < -0.39 is 6.09 Å². The predicted molar refractivity (Wildman–Crippen MR) is 89.8 cm³/mol. The molecular weight excluding hydrogens is 292 g/mol. The number of carbonyl (C=O) groups is 1. The maximum absolute atomic E-state index is 11.5. The molecule has 1 amide bonds. The second-order valence-electron chi connectivity index (χ2n) is 4.78. The summed E-state index contributed by atoms with van der Waals surface area (Å²) in [5.41, 5.74) is 5.19. The Labute approximate surface area is 135 Å². The van der Waals surface area contributed by atoms with Crippen LogP contribution >= 0.6 is 0 Å².